The molecule has 7 heteroatoms. The highest BCUT2D eigenvalue weighted by molar-refractivity contribution is 7.18. The first-order chi connectivity index (χ1) is 12.6. The van der Waals surface area contributed by atoms with Crippen LogP contribution in [0, 0.1) is 0 Å². The maximum atomic E-state index is 6.03. The molecule has 0 aliphatic heterocycles. The highest BCUT2D eigenvalue weighted by Gasteiger charge is 2.20. The summed E-state index contributed by atoms with van der Waals surface area (Å²) in [5.41, 5.74) is 1.85. The van der Waals surface area contributed by atoms with Gasteiger partial charge in [-0.3, -0.25) is 4.90 Å². The van der Waals surface area contributed by atoms with Gasteiger partial charge in [-0.15, -0.1) is 21.5 Å². The van der Waals surface area contributed by atoms with E-state index in [2.05, 4.69) is 26.1 Å². The molecule has 0 saturated carbocycles. The van der Waals surface area contributed by atoms with E-state index in [4.69, 9.17) is 16.0 Å². The molecule has 1 unspecified atom stereocenters. The Balaban J connectivity index is 1.50. The van der Waals surface area contributed by atoms with Gasteiger partial charge in [-0.1, -0.05) is 29.8 Å². The van der Waals surface area contributed by atoms with Crippen LogP contribution in [-0.2, 0) is 6.54 Å². The Labute approximate surface area is 160 Å². The lowest BCUT2D eigenvalue weighted by molar-refractivity contribution is 0.218. The molecule has 0 N–H and O–H groups in total. The molecule has 0 bridgehead atoms. The van der Waals surface area contributed by atoms with Crippen LogP contribution in [0.5, 0.6) is 0 Å². The van der Waals surface area contributed by atoms with Crippen LogP contribution in [0.2, 0.25) is 5.02 Å². The van der Waals surface area contributed by atoms with Crippen LogP contribution in [0.4, 0.5) is 0 Å². The summed E-state index contributed by atoms with van der Waals surface area (Å²) in [7, 11) is 2.03. The quantitative estimate of drug-likeness (QED) is 0.473. The van der Waals surface area contributed by atoms with Crippen molar-refractivity contribution in [2.45, 2.75) is 19.5 Å². The van der Waals surface area contributed by atoms with Crippen molar-refractivity contribution in [3.63, 3.8) is 0 Å². The van der Waals surface area contributed by atoms with Crippen molar-refractivity contribution in [2.24, 2.45) is 0 Å². The second-order valence-electron chi connectivity index (χ2n) is 6.12. The first-order valence-electron chi connectivity index (χ1n) is 8.24. The summed E-state index contributed by atoms with van der Waals surface area (Å²) in [6.07, 6.45) is 0. The van der Waals surface area contributed by atoms with Gasteiger partial charge in [-0.25, -0.2) is 4.98 Å². The number of para-hydroxylation sites is 1. The van der Waals surface area contributed by atoms with Crippen LogP contribution in [-0.4, -0.2) is 27.1 Å². The van der Waals surface area contributed by atoms with Crippen molar-refractivity contribution in [3.05, 3.63) is 64.5 Å². The second kappa shape index (κ2) is 7.15. The van der Waals surface area contributed by atoms with E-state index in [0.717, 1.165) is 22.6 Å². The number of halogens is 1. The minimum absolute atomic E-state index is 0.0255. The Morgan fingerprint density at radius 3 is 2.81 bits per heavy atom. The van der Waals surface area contributed by atoms with E-state index in [1.807, 2.05) is 56.4 Å². The zero-order chi connectivity index (χ0) is 18.1. The molecule has 26 heavy (non-hydrogen) atoms. The Kier molecular flexibility index (Phi) is 4.72. The third-order valence-electron chi connectivity index (χ3n) is 4.25. The summed E-state index contributed by atoms with van der Waals surface area (Å²) in [5.74, 6) is 1.05. The standard InChI is InChI=1S/C19H17ClN4OS/c1-12(18-22-23-19(25-18)13-6-5-7-14(20)10-13)24(2)11-17-21-15-8-3-4-9-16(15)26-17/h3-10,12H,11H2,1-2H3. The van der Waals surface area contributed by atoms with E-state index in [1.54, 1.807) is 11.3 Å². The SMILES string of the molecule is CC(c1nnc(-c2cccc(Cl)c2)o1)N(C)Cc1nc2ccccc2s1. The summed E-state index contributed by atoms with van der Waals surface area (Å²) in [6, 6.07) is 15.5. The van der Waals surface area contributed by atoms with E-state index >= 15 is 0 Å². The van der Waals surface area contributed by atoms with E-state index in [1.165, 1.54) is 4.70 Å². The minimum atomic E-state index is -0.0255. The Morgan fingerprint density at radius 2 is 2.00 bits per heavy atom. The lowest BCUT2D eigenvalue weighted by atomic mass is 10.2. The summed E-state index contributed by atoms with van der Waals surface area (Å²) in [5, 5.41) is 10.1. The molecule has 1 atom stereocenters. The number of hydrogen-bond donors (Lipinski definition) is 0. The van der Waals surface area contributed by atoms with Crippen molar-refractivity contribution in [1.82, 2.24) is 20.1 Å². The third kappa shape index (κ3) is 3.49. The average Bonchev–Trinajstić information content (AvgIpc) is 3.27. The Morgan fingerprint density at radius 1 is 1.15 bits per heavy atom. The van der Waals surface area contributed by atoms with Gasteiger partial charge in [0.15, 0.2) is 0 Å². The Hall–Kier alpha value is -2.28. The number of fused-ring (bicyclic) bond motifs is 1. The van der Waals surface area contributed by atoms with Gasteiger partial charge in [0.2, 0.25) is 11.8 Å². The highest BCUT2D eigenvalue weighted by atomic mass is 35.5. The van der Waals surface area contributed by atoms with E-state index in [0.29, 0.717) is 16.8 Å². The van der Waals surface area contributed by atoms with Gasteiger partial charge in [0.25, 0.3) is 0 Å². The fraction of sp³-hybridized carbons (Fsp3) is 0.211. The molecule has 0 radical (unpaired) electrons. The highest BCUT2D eigenvalue weighted by Crippen LogP contribution is 2.27. The van der Waals surface area contributed by atoms with Crippen LogP contribution < -0.4 is 0 Å². The summed E-state index contributed by atoms with van der Waals surface area (Å²) < 4.78 is 7.06. The molecule has 0 amide bonds. The predicted molar refractivity (Wildman–Crippen MR) is 104 cm³/mol. The zero-order valence-corrected chi connectivity index (χ0v) is 16.0. The van der Waals surface area contributed by atoms with Gasteiger partial charge in [0.05, 0.1) is 22.8 Å². The fourth-order valence-corrected chi connectivity index (χ4v) is 3.89. The van der Waals surface area contributed by atoms with Crippen molar-refractivity contribution in [2.75, 3.05) is 7.05 Å². The molecule has 5 nitrogen and oxygen atoms in total. The lowest BCUT2D eigenvalue weighted by Gasteiger charge is -2.20. The van der Waals surface area contributed by atoms with Crippen LogP contribution in [0.15, 0.2) is 52.9 Å². The molecule has 0 fully saturated rings. The molecule has 4 aromatic rings. The number of aromatic nitrogens is 3. The predicted octanol–water partition coefficient (Wildman–Crippen LogP) is 5.19. The number of nitrogens with zero attached hydrogens (tertiary/aromatic N) is 4. The van der Waals surface area contributed by atoms with Gasteiger partial charge < -0.3 is 4.42 Å². The van der Waals surface area contributed by atoms with Gasteiger partial charge in [0.1, 0.15) is 5.01 Å². The van der Waals surface area contributed by atoms with Gasteiger partial charge in [-0.05, 0) is 44.3 Å². The van der Waals surface area contributed by atoms with Crippen LogP contribution in [0.3, 0.4) is 0 Å². The molecule has 0 aliphatic carbocycles. The maximum absolute atomic E-state index is 6.03. The molecule has 2 aromatic heterocycles. The van der Waals surface area contributed by atoms with E-state index in [-0.39, 0.29) is 6.04 Å². The van der Waals surface area contributed by atoms with E-state index in [9.17, 15) is 0 Å². The smallest absolute Gasteiger partial charge is 0.247 e. The third-order valence-corrected chi connectivity index (χ3v) is 5.51. The van der Waals surface area contributed by atoms with Crippen LogP contribution in [0.1, 0.15) is 23.9 Å². The van der Waals surface area contributed by atoms with Crippen LogP contribution >= 0.6 is 22.9 Å². The summed E-state index contributed by atoms with van der Waals surface area (Å²) >= 11 is 7.74. The molecule has 2 heterocycles. The molecule has 132 valence electrons. The van der Waals surface area contributed by atoms with E-state index < -0.39 is 0 Å². The summed E-state index contributed by atoms with van der Waals surface area (Å²) in [4.78, 5) is 6.83. The van der Waals surface area contributed by atoms with Crippen molar-refractivity contribution >= 4 is 33.2 Å². The van der Waals surface area contributed by atoms with Gasteiger partial charge in [-0.2, -0.15) is 0 Å². The topological polar surface area (TPSA) is 55.1 Å². The molecule has 0 aliphatic rings. The largest absolute Gasteiger partial charge is 0.419 e. The molecule has 2 aromatic carbocycles. The number of hydrogen-bond acceptors (Lipinski definition) is 6. The minimum Gasteiger partial charge on any atom is -0.419 e. The lowest BCUT2D eigenvalue weighted by Crippen LogP contribution is -2.22. The summed E-state index contributed by atoms with van der Waals surface area (Å²) in [6.45, 7) is 2.76. The monoisotopic (exact) mass is 384 g/mol. The number of benzene rings is 2. The van der Waals surface area contributed by atoms with Crippen molar-refractivity contribution < 1.29 is 4.42 Å². The maximum Gasteiger partial charge on any atom is 0.247 e. The van der Waals surface area contributed by atoms with Gasteiger partial charge >= 0.3 is 0 Å². The van der Waals surface area contributed by atoms with Crippen molar-refractivity contribution in [1.29, 1.82) is 0 Å². The average molecular weight is 385 g/mol. The fourth-order valence-electron chi connectivity index (χ4n) is 2.67. The first kappa shape index (κ1) is 17.1. The van der Waals surface area contributed by atoms with Crippen molar-refractivity contribution in [3.8, 4) is 11.5 Å². The molecule has 4 rings (SSSR count). The number of rotatable bonds is 5. The van der Waals surface area contributed by atoms with Crippen LogP contribution in [0.25, 0.3) is 21.7 Å². The molecule has 0 saturated heterocycles. The molecule has 0 spiro atoms. The number of thiazole rings is 1. The zero-order valence-electron chi connectivity index (χ0n) is 14.4. The first-order valence-corrected chi connectivity index (χ1v) is 9.43. The van der Waals surface area contributed by atoms with Gasteiger partial charge in [0, 0.05) is 10.6 Å². The Bertz CT molecular complexity index is 1010. The normalized spacial score (nSPS) is 12.8. The molecular formula is C19H17ClN4OS. The molecular weight excluding hydrogens is 368 g/mol. The second-order valence-corrected chi connectivity index (χ2v) is 7.67.